The first-order chi connectivity index (χ1) is 5.79. The van der Waals surface area contributed by atoms with E-state index in [0.29, 0.717) is 0 Å². The van der Waals surface area contributed by atoms with Gasteiger partial charge >= 0.3 is 0 Å². The summed E-state index contributed by atoms with van der Waals surface area (Å²) in [4.78, 5) is 8.32. The summed E-state index contributed by atoms with van der Waals surface area (Å²) in [5, 5.41) is 2.02. The van der Waals surface area contributed by atoms with Crippen molar-refractivity contribution >= 4 is 27.1 Å². The van der Waals surface area contributed by atoms with Gasteiger partial charge in [-0.15, -0.1) is 11.3 Å². The van der Waals surface area contributed by atoms with E-state index in [2.05, 4.69) is 16.5 Å². The summed E-state index contributed by atoms with van der Waals surface area (Å²) < 4.78 is 1.13. The van der Waals surface area contributed by atoms with Gasteiger partial charge in [0.1, 0.15) is 6.33 Å². The fourth-order valence-corrected chi connectivity index (χ4v) is 2.01. The third-order valence-corrected chi connectivity index (χ3v) is 2.56. The van der Waals surface area contributed by atoms with Gasteiger partial charge < -0.3 is 0 Å². The van der Waals surface area contributed by atoms with Crippen molar-refractivity contribution in [2.75, 3.05) is 0 Å². The molecule has 0 aromatic carbocycles. The molecule has 2 nitrogen and oxygen atoms in total. The Labute approximate surface area is 74.6 Å². The average molecular weight is 176 g/mol. The van der Waals surface area contributed by atoms with Crippen molar-refractivity contribution < 1.29 is 0 Å². The quantitative estimate of drug-likeness (QED) is 0.667. The lowest BCUT2D eigenvalue weighted by molar-refractivity contribution is 1.20. The number of thiophene rings is 1. The summed E-state index contributed by atoms with van der Waals surface area (Å²) in [6.07, 6.45) is 1.58. The van der Waals surface area contributed by atoms with Crippen LogP contribution in [-0.2, 0) is 0 Å². The number of rotatable bonds is 1. The predicted molar refractivity (Wildman–Crippen MR) is 52.1 cm³/mol. The van der Waals surface area contributed by atoms with Crippen LogP contribution in [-0.4, -0.2) is 9.97 Å². The Morgan fingerprint density at radius 2 is 2.33 bits per heavy atom. The van der Waals surface area contributed by atoms with E-state index in [1.165, 1.54) is 0 Å². The van der Waals surface area contributed by atoms with Crippen LogP contribution >= 0.6 is 11.3 Å². The maximum absolute atomic E-state index is 4.18. The summed E-state index contributed by atoms with van der Waals surface area (Å²) in [6, 6.07) is 1.99. The van der Waals surface area contributed by atoms with Crippen molar-refractivity contribution in [2.45, 2.75) is 6.92 Å². The lowest BCUT2D eigenvalue weighted by atomic mass is 10.2. The van der Waals surface area contributed by atoms with Gasteiger partial charge in [-0.2, -0.15) is 0 Å². The molecule has 0 bridgehead atoms. The molecular formula is C9H8N2S. The second kappa shape index (κ2) is 2.68. The van der Waals surface area contributed by atoms with Crippen molar-refractivity contribution in [3.8, 4) is 0 Å². The predicted octanol–water partition coefficient (Wildman–Crippen LogP) is 2.72. The summed E-state index contributed by atoms with van der Waals surface area (Å²) in [5.41, 5.74) is 2.97. The molecule has 0 fully saturated rings. The second-order valence-corrected chi connectivity index (χ2v) is 3.55. The average Bonchev–Trinajstić information content (AvgIpc) is 2.49. The number of hydrogen-bond donors (Lipinski definition) is 0. The SMILES string of the molecule is C=C(C)c1ncnc2ccsc12. The standard InChI is InChI=1S/C9H8N2S/c1-6(2)8-9-7(3-4-12-9)10-5-11-8/h3-5H,1H2,2H3. The summed E-state index contributed by atoms with van der Waals surface area (Å²) in [5.74, 6) is 0. The van der Waals surface area contributed by atoms with Crippen LogP contribution in [0.25, 0.3) is 15.8 Å². The van der Waals surface area contributed by atoms with Crippen LogP contribution in [0.1, 0.15) is 12.6 Å². The molecule has 0 aliphatic carbocycles. The van der Waals surface area contributed by atoms with Crippen LogP contribution in [0.5, 0.6) is 0 Å². The molecule has 0 atom stereocenters. The van der Waals surface area contributed by atoms with E-state index in [4.69, 9.17) is 0 Å². The monoisotopic (exact) mass is 176 g/mol. The zero-order valence-electron chi connectivity index (χ0n) is 6.74. The molecule has 0 aliphatic heterocycles. The molecule has 2 rings (SSSR count). The maximum Gasteiger partial charge on any atom is 0.116 e. The minimum Gasteiger partial charge on any atom is -0.235 e. The van der Waals surface area contributed by atoms with Crippen LogP contribution in [0.2, 0.25) is 0 Å². The highest BCUT2D eigenvalue weighted by Crippen LogP contribution is 2.24. The van der Waals surface area contributed by atoms with Crippen LogP contribution < -0.4 is 0 Å². The van der Waals surface area contributed by atoms with Crippen molar-refractivity contribution in [2.24, 2.45) is 0 Å². The molecule has 0 radical (unpaired) electrons. The lowest BCUT2D eigenvalue weighted by Crippen LogP contribution is -1.86. The van der Waals surface area contributed by atoms with Crippen LogP contribution in [0.15, 0.2) is 24.4 Å². The minimum atomic E-state index is 0.968. The molecule has 0 saturated carbocycles. The molecule has 0 N–H and O–H groups in total. The first kappa shape index (κ1) is 7.43. The number of hydrogen-bond acceptors (Lipinski definition) is 3. The van der Waals surface area contributed by atoms with E-state index in [1.54, 1.807) is 17.7 Å². The summed E-state index contributed by atoms with van der Waals surface area (Å²) >= 11 is 1.66. The van der Waals surface area contributed by atoms with Crippen molar-refractivity contribution in [1.82, 2.24) is 9.97 Å². The molecule has 0 spiro atoms. The summed E-state index contributed by atoms with van der Waals surface area (Å²) in [7, 11) is 0. The van der Waals surface area contributed by atoms with Crippen LogP contribution in [0.4, 0.5) is 0 Å². The highest BCUT2D eigenvalue weighted by atomic mass is 32.1. The molecule has 0 amide bonds. The highest BCUT2D eigenvalue weighted by Gasteiger charge is 2.03. The fraction of sp³-hybridized carbons (Fsp3) is 0.111. The van der Waals surface area contributed by atoms with E-state index in [1.807, 2.05) is 18.4 Å². The molecule has 12 heavy (non-hydrogen) atoms. The Balaban J connectivity index is 2.82. The topological polar surface area (TPSA) is 25.8 Å². The van der Waals surface area contributed by atoms with E-state index >= 15 is 0 Å². The van der Waals surface area contributed by atoms with Gasteiger partial charge in [0.05, 0.1) is 15.9 Å². The number of aromatic nitrogens is 2. The Kier molecular flexibility index (Phi) is 1.66. The van der Waals surface area contributed by atoms with Crippen molar-refractivity contribution in [1.29, 1.82) is 0 Å². The number of fused-ring (bicyclic) bond motifs is 1. The Hall–Kier alpha value is -1.22. The Bertz CT molecular complexity index is 431. The zero-order valence-corrected chi connectivity index (χ0v) is 7.56. The van der Waals surface area contributed by atoms with E-state index < -0.39 is 0 Å². The highest BCUT2D eigenvalue weighted by molar-refractivity contribution is 7.17. The van der Waals surface area contributed by atoms with Gasteiger partial charge in [-0.1, -0.05) is 6.58 Å². The third-order valence-electron chi connectivity index (χ3n) is 1.65. The zero-order chi connectivity index (χ0) is 8.55. The molecule has 3 heteroatoms. The maximum atomic E-state index is 4.18. The third kappa shape index (κ3) is 1.02. The van der Waals surface area contributed by atoms with Gasteiger partial charge in [0.25, 0.3) is 0 Å². The molecule has 0 unspecified atom stereocenters. The molecular weight excluding hydrogens is 168 g/mol. The van der Waals surface area contributed by atoms with Gasteiger partial charge in [-0.05, 0) is 23.9 Å². The van der Waals surface area contributed by atoms with Gasteiger partial charge in [0, 0.05) is 0 Å². The van der Waals surface area contributed by atoms with Gasteiger partial charge in [0.2, 0.25) is 0 Å². The number of nitrogens with zero attached hydrogens (tertiary/aromatic N) is 2. The van der Waals surface area contributed by atoms with Crippen molar-refractivity contribution in [3.63, 3.8) is 0 Å². The second-order valence-electron chi connectivity index (χ2n) is 2.64. The first-order valence-corrected chi connectivity index (χ1v) is 4.51. The Morgan fingerprint density at radius 1 is 1.50 bits per heavy atom. The van der Waals surface area contributed by atoms with Crippen LogP contribution in [0, 0.1) is 0 Å². The molecule has 2 heterocycles. The van der Waals surface area contributed by atoms with E-state index in [0.717, 1.165) is 21.5 Å². The smallest absolute Gasteiger partial charge is 0.116 e. The molecule has 60 valence electrons. The van der Waals surface area contributed by atoms with Crippen molar-refractivity contribution in [3.05, 3.63) is 30.0 Å². The molecule has 2 aromatic heterocycles. The van der Waals surface area contributed by atoms with Gasteiger partial charge in [-0.25, -0.2) is 9.97 Å². The first-order valence-electron chi connectivity index (χ1n) is 3.63. The molecule has 0 aliphatic rings. The fourth-order valence-electron chi connectivity index (χ4n) is 1.09. The van der Waals surface area contributed by atoms with E-state index in [9.17, 15) is 0 Å². The largest absolute Gasteiger partial charge is 0.235 e. The lowest BCUT2D eigenvalue weighted by Gasteiger charge is -1.97. The normalized spacial score (nSPS) is 10.4. The number of allylic oxidation sites excluding steroid dienone is 1. The van der Waals surface area contributed by atoms with Gasteiger partial charge in [-0.3, -0.25) is 0 Å². The van der Waals surface area contributed by atoms with Gasteiger partial charge in [0.15, 0.2) is 0 Å². The van der Waals surface area contributed by atoms with Crippen LogP contribution in [0.3, 0.4) is 0 Å². The van der Waals surface area contributed by atoms with E-state index in [-0.39, 0.29) is 0 Å². The minimum absolute atomic E-state index is 0.968. The summed E-state index contributed by atoms with van der Waals surface area (Å²) in [6.45, 7) is 5.83. The molecule has 0 saturated heterocycles. The molecule has 2 aromatic rings. The Morgan fingerprint density at radius 3 is 3.08 bits per heavy atom.